The molecule has 6 nitrogen and oxygen atoms in total. The van der Waals surface area contributed by atoms with Crippen LogP contribution in [-0.4, -0.2) is 65.0 Å². The van der Waals surface area contributed by atoms with Gasteiger partial charge in [0.1, 0.15) is 5.82 Å². The largest absolute Gasteiger partial charge is 0.481 e. The highest BCUT2D eigenvalue weighted by Gasteiger charge is 2.33. The van der Waals surface area contributed by atoms with E-state index in [-0.39, 0.29) is 30.1 Å². The van der Waals surface area contributed by atoms with E-state index in [1.54, 1.807) is 24.0 Å². The maximum Gasteiger partial charge on any atom is 0.303 e. The van der Waals surface area contributed by atoms with Crippen LogP contribution in [0.1, 0.15) is 35.3 Å². The topological polar surface area (TPSA) is 73.7 Å². The SMILES string of the molecule is Cc1cc(C(=O)N2CC[C@H](N(C)C)[C@H](CCC(=O)O)C2)c2ccc(F)cc2n1. The number of aliphatic carboxylic acids is 1. The second-order valence-electron chi connectivity index (χ2n) is 7.74. The number of carbonyl (C=O) groups excluding carboxylic acids is 1. The Morgan fingerprint density at radius 2 is 2.07 bits per heavy atom. The molecule has 150 valence electrons. The Kier molecular flexibility index (Phi) is 5.93. The Morgan fingerprint density at radius 1 is 1.32 bits per heavy atom. The smallest absolute Gasteiger partial charge is 0.303 e. The summed E-state index contributed by atoms with van der Waals surface area (Å²) in [6.07, 6.45) is 1.41. The third-order valence-electron chi connectivity index (χ3n) is 5.50. The number of carbonyl (C=O) groups is 2. The van der Waals surface area contributed by atoms with Gasteiger partial charge in [-0.3, -0.25) is 14.6 Å². The highest BCUT2D eigenvalue weighted by molar-refractivity contribution is 6.06. The molecule has 0 unspecified atom stereocenters. The molecule has 1 aliphatic heterocycles. The van der Waals surface area contributed by atoms with Crippen LogP contribution in [0.25, 0.3) is 10.9 Å². The van der Waals surface area contributed by atoms with Gasteiger partial charge < -0.3 is 14.9 Å². The number of piperidine rings is 1. The average Bonchev–Trinajstić information content (AvgIpc) is 2.64. The first kappa shape index (κ1) is 20.2. The Labute approximate surface area is 164 Å². The van der Waals surface area contributed by atoms with Crippen molar-refractivity contribution in [3.63, 3.8) is 0 Å². The molecule has 2 heterocycles. The van der Waals surface area contributed by atoms with E-state index in [0.717, 1.165) is 6.42 Å². The van der Waals surface area contributed by atoms with Crippen molar-refractivity contribution in [2.45, 2.75) is 32.2 Å². The van der Waals surface area contributed by atoms with E-state index in [1.165, 1.54) is 12.1 Å². The number of hydrogen-bond acceptors (Lipinski definition) is 4. The molecule has 1 amide bonds. The van der Waals surface area contributed by atoms with Crippen LogP contribution in [0, 0.1) is 18.7 Å². The molecule has 2 aromatic rings. The number of nitrogens with zero attached hydrogens (tertiary/aromatic N) is 3. The van der Waals surface area contributed by atoms with Gasteiger partial charge in [-0.05, 0) is 58.0 Å². The molecule has 7 heteroatoms. The lowest BCUT2D eigenvalue weighted by Gasteiger charge is -2.41. The molecule has 1 aromatic carbocycles. The van der Waals surface area contributed by atoms with Crippen LogP contribution in [0.15, 0.2) is 24.3 Å². The number of likely N-dealkylation sites (tertiary alicyclic amines) is 1. The molecular formula is C21H26FN3O3. The van der Waals surface area contributed by atoms with Gasteiger partial charge in [0, 0.05) is 42.7 Å². The molecule has 1 saturated heterocycles. The summed E-state index contributed by atoms with van der Waals surface area (Å²) in [7, 11) is 3.98. The molecule has 0 saturated carbocycles. The number of carboxylic acids is 1. The fraction of sp³-hybridized carbons (Fsp3) is 0.476. The van der Waals surface area contributed by atoms with Crippen LogP contribution < -0.4 is 0 Å². The van der Waals surface area contributed by atoms with Gasteiger partial charge in [-0.1, -0.05) is 0 Å². The van der Waals surface area contributed by atoms with Gasteiger partial charge in [0.15, 0.2) is 0 Å². The van der Waals surface area contributed by atoms with E-state index in [1.807, 2.05) is 14.1 Å². The zero-order valence-corrected chi connectivity index (χ0v) is 16.5. The summed E-state index contributed by atoms with van der Waals surface area (Å²) in [4.78, 5) is 32.6. The van der Waals surface area contributed by atoms with Crippen LogP contribution in [0.2, 0.25) is 0 Å². The quantitative estimate of drug-likeness (QED) is 0.854. The fourth-order valence-corrected chi connectivity index (χ4v) is 4.16. The lowest BCUT2D eigenvalue weighted by atomic mass is 9.87. The predicted octanol–water partition coefficient (Wildman–Crippen LogP) is 2.94. The Morgan fingerprint density at radius 3 is 2.75 bits per heavy atom. The van der Waals surface area contributed by atoms with Crippen molar-refractivity contribution in [1.29, 1.82) is 0 Å². The van der Waals surface area contributed by atoms with Gasteiger partial charge in [0.25, 0.3) is 5.91 Å². The van der Waals surface area contributed by atoms with Crippen molar-refractivity contribution in [2.24, 2.45) is 5.92 Å². The van der Waals surface area contributed by atoms with Gasteiger partial charge in [0.05, 0.1) is 11.1 Å². The monoisotopic (exact) mass is 387 g/mol. The summed E-state index contributed by atoms with van der Waals surface area (Å²) in [6, 6.07) is 6.26. The van der Waals surface area contributed by atoms with E-state index >= 15 is 0 Å². The Hall–Kier alpha value is -2.54. The zero-order valence-electron chi connectivity index (χ0n) is 16.5. The first-order valence-electron chi connectivity index (χ1n) is 9.50. The number of aromatic nitrogens is 1. The molecule has 1 aromatic heterocycles. The summed E-state index contributed by atoms with van der Waals surface area (Å²) in [5.74, 6) is -1.22. The number of pyridine rings is 1. The summed E-state index contributed by atoms with van der Waals surface area (Å²) >= 11 is 0. The number of hydrogen-bond donors (Lipinski definition) is 1. The van der Waals surface area contributed by atoms with Crippen molar-refractivity contribution in [2.75, 3.05) is 27.2 Å². The van der Waals surface area contributed by atoms with Crippen LogP contribution in [0.3, 0.4) is 0 Å². The van der Waals surface area contributed by atoms with E-state index in [9.17, 15) is 14.0 Å². The minimum absolute atomic E-state index is 0.0909. The number of halogens is 1. The molecule has 2 atom stereocenters. The Bertz CT molecular complexity index is 895. The number of carboxylic acid groups (broad SMARTS) is 1. The first-order chi connectivity index (χ1) is 13.3. The molecule has 3 rings (SSSR count). The zero-order chi connectivity index (χ0) is 20.4. The van der Waals surface area contributed by atoms with Gasteiger partial charge in [-0.15, -0.1) is 0 Å². The average molecular weight is 387 g/mol. The number of benzene rings is 1. The van der Waals surface area contributed by atoms with Crippen molar-refractivity contribution in [1.82, 2.24) is 14.8 Å². The maximum atomic E-state index is 13.6. The van der Waals surface area contributed by atoms with Crippen molar-refractivity contribution < 1.29 is 19.1 Å². The molecule has 0 bridgehead atoms. The number of fused-ring (bicyclic) bond motifs is 1. The van der Waals surface area contributed by atoms with E-state index in [0.29, 0.717) is 41.7 Å². The van der Waals surface area contributed by atoms with Gasteiger partial charge in [-0.25, -0.2) is 4.39 Å². The lowest BCUT2D eigenvalue weighted by Crippen LogP contribution is -2.50. The van der Waals surface area contributed by atoms with Crippen molar-refractivity contribution in [3.05, 3.63) is 41.3 Å². The van der Waals surface area contributed by atoms with Crippen LogP contribution in [0.4, 0.5) is 4.39 Å². The summed E-state index contributed by atoms with van der Waals surface area (Å²) in [6.45, 7) is 2.91. The lowest BCUT2D eigenvalue weighted by molar-refractivity contribution is -0.137. The fourth-order valence-electron chi connectivity index (χ4n) is 4.16. The predicted molar refractivity (Wildman–Crippen MR) is 105 cm³/mol. The third kappa shape index (κ3) is 4.30. The molecule has 1 fully saturated rings. The molecule has 0 radical (unpaired) electrons. The minimum atomic E-state index is -0.821. The van der Waals surface area contributed by atoms with Crippen LogP contribution in [0.5, 0.6) is 0 Å². The Balaban J connectivity index is 1.88. The summed E-state index contributed by atoms with van der Waals surface area (Å²) in [5.41, 5.74) is 1.64. The van der Waals surface area contributed by atoms with Crippen LogP contribution in [-0.2, 0) is 4.79 Å². The number of amides is 1. The highest BCUT2D eigenvalue weighted by Crippen LogP contribution is 2.28. The van der Waals surface area contributed by atoms with Crippen molar-refractivity contribution >= 4 is 22.8 Å². The molecular weight excluding hydrogens is 361 g/mol. The number of aryl methyl sites for hydroxylation is 1. The van der Waals surface area contributed by atoms with Gasteiger partial charge in [-0.2, -0.15) is 0 Å². The highest BCUT2D eigenvalue weighted by atomic mass is 19.1. The van der Waals surface area contributed by atoms with Crippen molar-refractivity contribution in [3.8, 4) is 0 Å². The van der Waals surface area contributed by atoms with E-state index in [4.69, 9.17) is 5.11 Å². The molecule has 0 spiro atoms. The van der Waals surface area contributed by atoms with Gasteiger partial charge in [0.2, 0.25) is 0 Å². The molecule has 28 heavy (non-hydrogen) atoms. The van der Waals surface area contributed by atoms with Crippen LogP contribution >= 0.6 is 0 Å². The second-order valence-corrected chi connectivity index (χ2v) is 7.74. The first-order valence-corrected chi connectivity index (χ1v) is 9.50. The standard InChI is InChI=1S/C21H26FN3O3/c1-13-10-17(16-6-5-15(22)11-18(16)23-13)21(28)25-9-8-19(24(2)3)14(12-25)4-7-20(26)27/h5-6,10-11,14,19H,4,7-9,12H2,1-3H3,(H,26,27)/t14-,19+/m1/s1. The normalized spacial score (nSPS) is 20.0. The van der Waals surface area contributed by atoms with Gasteiger partial charge >= 0.3 is 5.97 Å². The second kappa shape index (κ2) is 8.22. The third-order valence-corrected chi connectivity index (χ3v) is 5.50. The summed E-state index contributed by atoms with van der Waals surface area (Å²) in [5, 5.41) is 9.69. The molecule has 1 aliphatic rings. The van der Waals surface area contributed by atoms with E-state index < -0.39 is 5.97 Å². The molecule has 1 N–H and O–H groups in total. The summed E-state index contributed by atoms with van der Waals surface area (Å²) < 4.78 is 13.6. The maximum absolute atomic E-state index is 13.6. The van der Waals surface area contributed by atoms with E-state index in [2.05, 4.69) is 9.88 Å². The molecule has 0 aliphatic carbocycles. The number of rotatable bonds is 5. The minimum Gasteiger partial charge on any atom is -0.481 e.